The van der Waals surface area contributed by atoms with E-state index < -0.39 is 5.92 Å². The molecule has 0 unspecified atom stereocenters. The quantitative estimate of drug-likeness (QED) is 0.896. The molecule has 2 amide bonds. The molecule has 2 aromatic rings. The molecule has 1 aliphatic rings. The Hall–Kier alpha value is -3.02. The summed E-state index contributed by atoms with van der Waals surface area (Å²) < 4.78 is 10.5. The van der Waals surface area contributed by atoms with Gasteiger partial charge < -0.3 is 19.7 Å². The Balaban J connectivity index is 1.88. The Kier molecular flexibility index (Phi) is 5.11. The lowest BCUT2D eigenvalue weighted by Crippen LogP contribution is -2.30. The van der Waals surface area contributed by atoms with Crippen LogP contribution in [0.25, 0.3) is 0 Å². The van der Waals surface area contributed by atoms with Gasteiger partial charge in [-0.3, -0.25) is 9.59 Å². The monoisotopic (exact) mass is 354 g/mol. The first-order chi connectivity index (χ1) is 12.5. The lowest BCUT2D eigenvalue weighted by molar-refractivity contribution is -0.127. The summed E-state index contributed by atoms with van der Waals surface area (Å²) in [5.41, 5.74) is 1.46. The normalized spacial score (nSPS) is 19.3. The van der Waals surface area contributed by atoms with E-state index in [-0.39, 0.29) is 24.3 Å². The molecular formula is C20H22N2O4. The van der Waals surface area contributed by atoms with Crippen molar-refractivity contribution >= 4 is 17.5 Å². The molecule has 0 spiro atoms. The SMILES string of the molecule is COc1ccc(OC)c(NC(=O)[C@H]2CC(=O)N(C)[C@H]2c2ccccc2)c1. The van der Waals surface area contributed by atoms with Crippen LogP contribution in [0, 0.1) is 5.92 Å². The summed E-state index contributed by atoms with van der Waals surface area (Å²) in [6, 6.07) is 14.5. The lowest BCUT2D eigenvalue weighted by Gasteiger charge is -2.25. The number of hydrogen-bond acceptors (Lipinski definition) is 4. The van der Waals surface area contributed by atoms with Gasteiger partial charge in [0.2, 0.25) is 11.8 Å². The van der Waals surface area contributed by atoms with Gasteiger partial charge in [0.05, 0.1) is 31.9 Å². The van der Waals surface area contributed by atoms with Crippen molar-refractivity contribution in [3.63, 3.8) is 0 Å². The fourth-order valence-electron chi connectivity index (χ4n) is 3.35. The summed E-state index contributed by atoms with van der Waals surface area (Å²) in [6.45, 7) is 0. The van der Waals surface area contributed by atoms with Crippen molar-refractivity contribution in [2.24, 2.45) is 5.92 Å². The van der Waals surface area contributed by atoms with Gasteiger partial charge in [-0.2, -0.15) is 0 Å². The minimum atomic E-state index is -0.481. The Morgan fingerprint density at radius 3 is 2.50 bits per heavy atom. The molecule has 1 heterocycles. The van der Waals surface area contributed by atoms with E-state index in [1.54, 1.807) is 37.3 Å². The van der Waals surface area contributed by atoms with Crippen LogP contribution in [-0.2, 0) is 9.59 Å². The highest BCUT2D eigenvalue weighted by Crippen LogP contribution is 2.38. The Bertz CT molecular complexity index is 807. The number of methoxy groups -OCH3 is 2. The highest BCUT2D eigenvalue weighted by atomic mass is 16.5. The molecule has 1 N–H and O–H groups in total. The van der Waals surface area contributed by atoms with Crippen LogP contribution in [0.1, 0.15) is 18.0 Å². The van der Waals surface area contributed by atoms with E-state index in [0.717, 1.165) is 5.56 Å². The summed E-state index contributed by atoms with van der Waals surface area (Å²) in [6.07, 6.45) is 0.175. The molecule has 6 heteroatoms. The van der Waals surface area contributed by atoms with Crippen LogP contribution in [-0.4, -0.2) is 38.0 Å². The first-order valence-electron chi connectivity index (χ1n) is 8.38. The number of rotatable bonds is 5. The number of likely N-dealkylation sites (tertiary alicyclic amines) is 1. The average Bonchev–Trinajstić information content (AvgIpc) is 2.97. The summed E-state index contributed by atoms with van der Waals surface area (Å²) in [5, 5.41) is 2.90. The van der Waals surface area contributed by atoms with Crippen LogP contribution >= 0.6 is 0 Å². The summed E-state index contributed by atoms with van der Waals surface area (Å²) in [4.78, 5) is 26.9. The average molecular weight is 354 g/mol. The van der Waals surface area contributed by atoms with Crippen molar-refractivity contribution < 1.29 is 19.1 Å². The Morgan fingerprint density at radius 2 is 1.85 bits per heavy atom. The van der Waals surface area contributed by atoms with Gasteiger partial charge in [0.1, 0.15) is 11.5 Å². The molecule has 0 saturated carbocycles. The van der Waals surface area contributed by atoms with Gasteiger partial charge in [-0.1, -0.05) is 30.3 Å². The second kappa shape index (κ2) is 7.47. The number of hydrogen-bond donors (Lipinski definition) is 1. The zero-order chi connectivity index (χ0) is 18.7. The minimum Gasteiger partial charge on any atom is -0.497 e. The van der Waals surface area contributed by atoms with Crippen molar-refractivity contribution in [2.75, 3.05) is 26.6 Å². The number of ether oxygens (including phenoxy) is 2. The number of carbonyl (C=O) groups excluding carboxylic acids is 2. The second-order valence-electron chi connectivity index (χ2n) is 6.23. The third kappa shape index (κ3) is 3.35. The molecule has 136 valence electrons. The van der Waals surface area contributed by atoms with E-state index in [1.165, 1.54) is 7.11 Å². The predicted octanol–water partition coefficient (Wildman–Crippen LogP) is 2.86. The first-order valence-corrected chi connectivity index (χ1v) is 8.38. The molecule has 0 aromatic heterocycles. The van der Waals surface area contributed by atoms with Gasteiger partial charge >= 0.3 is 0 Å². The lowest BCUT2D eigenvalue weighted by atomic mass is 9.93. The Morgan fingerprint density at radius 1 is 1.12 bits per heavy atom. The minimum absolute atomic E-state index is 0.0448. The van der Waals surface area contributed by atoms with Crippen LogP contribution in [0.2, 0.25) is 0 Å². The molecule has 1 fully saturated rings. The van der Waals surface area contributed by atoms with Crippen molar-refractivity contribution in [2.45, 2.75) is 12.5 Å². The summed E-state index contributed by atoms with van der Waals surface area (Å²) in [7, 11) is 4.83. The van der Waals surface area contributed by atoms with Crippen molar-refractivity contribution in [1.29, 1.82) is 0 Å². The van der Waals surface area contributed by atoms with E-state index >= 15 is 0 Å². The molecular weight excluding hydrogens is 332 g/mol. The molecule has 1 saturated heterocycles. The fraction of sp³-hybridized carbons (Fsp3) is 0.300. The van der Waals surface area contributed by atoms with Crippen LogP contribution in [0.15, 0.2) is 48.5 Å². The topological polar surface area (TPSA) is 67.9 Å². The van der Waals surface area contributed by atoms with Gasteiger partial charge in [-0.05, 0) is 17.7 Å². The van der Waals surface area contributed by atoms with E-state index in [0.29, 0.717) is 17.2 Å². The van der Waals surface area contributed by atoms with Gasteiger partial charge in [0.15, 0.2) is 0 Å². The van der Waals surface area contributed by atoms with E-state index in [4.69, 9.17) is 9.47 Å². The standard InChI is InChI=1S/C20H22N2O4/c1-22-18(23)12-15(19(22)13-7-5-4-6-8-13)20(24)21-16-11-14(25-2)9-10-17(16)26-3/h4-11,15,19H,12H2,1-3H3,(H,21,24)/t15-,19-/m0/s1. The number of carbonyl (C=O) groups is 2. The second-order valence-corrected chi connectivity index (χ2v) is 6.23. The van der Waals surface area contributed by atoms with Crippen LogP contribution in [0.3, 0.4) is 0 Å². The highest BCUT2D eigenvalue weighted by Gasteiger charge is 2.42. The van der Waals surface area contributed by atoms with Crippen molar-refractivity contribution in [3.05, 3.63) is 54.1 Å². The molecule has 2 atom stereocenters. The predicted molar refractivity (Wildman–Crippen MR) is 98.2 cm³/mol. The molecule has 0 radical (unpaired) electrons. The number of benzene rings is 2. The third-order valence-corrected chi connectivity index (χ3v) is 4.73. The highest BCUT2D eigenvalue weighted by molar-refractivity contribution is 5.99. The third-order valence-electron chi connectivity index (χ3n) is 4.73. The van der Waals surface area contributed by atoms with Crippen molar-refractivity contribution in [1.82, 2.24) is 4.90 Å². The molecule has 0 bridgehead atoms. The maximum absolute atomic E-state index is 13.0. The molecule has 26 heavy (non-hydrogen) atoms. The molecule has 3 rings (SSSR count). The molecule has 2 aromatic carbocycles. The zero-order valence-corrected chi connectivity index (χ0v) is 15.1. The maximum Gasteiger partial charge on any atom is 0.230 e. The number of nitrogens with zero attached hydrogens (tertiary/aromatic N) is 1. The van der Waals surface area contributed by atoms with Crippen LogP contribution < -0.4 is 14.8 Å². The van der Waals surface area contributed by atoms with E-state index in [9.17, 15) is 9.59 Å². The van der Waals surface area contributed by atoms with Gasteiger partial charge in [0, 0.05) is 19.5 Å². The molecule has 0 aliphatic carbocycles. The van der Waals surface area contributed by atoms with Crippen LogP contribution in [0.4, 0.5) is 5.69 Å². The first kappa shape index (κ1) is 17.8. The van der Waals surface area contributed by atoms with Gasteiger partial charge in [0.25, 0.3) is 0 Å². The Labute approximate surface area is 152 Å². The van der Waals surface area contributed by atoms with Gasteiger partial charge in [-0.15, -0.1) is 0 Å². The van der Waals surface area contributed by atoms with E-state index in [1.807, 2.05) is 30.3 Å². The number of anilines is 1. The summed E-state index contributed by atoms with van der Waals surface area (Å²) >= 11 is 0. The summed E-state index contributed by atoms with van der Waals surface area (Å²) in [5.74, 6) is 0.402. The molecule has 1 aliphatic heterocycles. The van der Waals surface area contributed by atoms with E-state index in [2.05, 4.69) is 5.32 Å². The number of nitrogens with one attached hydrogen (secondary N) is 1. The zero-order valence-electron chi connectivity index (χ0n) is 15.1. The maximum atomic E-state index is 13.0. The van der Waals surface area contributed by atoms with Crippen LogP contribution in [0.5, 0.6) is 11.5 Å². The van der Waals surface area contributed by atoms with Crippen molar-refractivity contribution in [3.8, 4) is 11.5 Å². The fourth-order valence-corrected chi connectivity index (χ4v) is 3.35. The molecule has 6 nitrogen and oxygen atoms in total. The number of amides is 2. The smallest absolute Gasteiger partial charge is 0.230 e. The largest absolute Gasteiger partial charge is 0.497 e. The van der Waals surface area contributed by atoms with Gasteiger partial charge in [-0.25, -0.2) is 0 Å².